The maximum Gasteiger partial charge on any atom is 0.333 e. The Bertz CT molecular complexity index is 1360. The summed E-state index contributed by atoms with van der Waals surface area (Å²) in [5.74, 6) is 0.0590. The molecule has 2 heterocycles. The molecule has 0 aliphatic heterocycles. The maximum atomic E-state index is 13.2. The monoisotopic (exact) mass is 416 g/mol. The summed E-state index contributed by atoms with van der Waals surface area (Å²) in [4.78, 5) is 43.1. The average Bonchev–Trinajstić information content (AvgIpc) is 2.80. The first-order valence-corrected chi connectivity index (χ1v) is 9.63. The molecule has 0 fully saturated rings. The van der Waals surface area contributed by atoms with E-state index in [1.807, 2.05) is 30.3 Å². The number of anilines is 1. The molecule has 31 heavy (non-hydrogen) atoms. The van der Waals surface area contributed by atoms with Gasteiger partial charge in [0, 0.05) is 6.20 Å². The Hall–Kier alpha value is -4.20. The number of fused-ring (bicyclic) bond motifs is 1. The van der Waals surface area contributed by atoms with Gasteiger partial charge < -0.3 is 10.1 Å². The Kier molecular flexibility index (Phi) is 5.61. The van der Waals surface area contributed by atoms with Crippen molar-refractivity contribution in [3.63, 3.8) is 0 Å². The Morgan fingerprint density at radius 2 is 1.71 bits per heavy atom. The molecular formula is C23H20N4O4. The first kappa shape index (κ1) is 20.1. The fourth-order valence-corrected chi connectivity index (χ4v) is 3.38. The number of hydrogen-bond donors (Lipinski definition) is 1. The molecule has 4 aromatic rings. The fraction of sp³-hybridized carbons (Fsp3) is 0.130. The SMILES string of the molecule is COc1ccccc1NC(=O)Cn1c(=O)n(Cc2ccccc2)c(=O)c2cccnc21. The first-order valence-electron chi connectivity index (χ1n) is 9.63. The molecule has 156 valence electrons. The molecule has 0 unspecified atom stereocenters. The number of methoxy groups -OCH3 is 1. The summed E-state index contributed by atoms with van der Waals surface area (Å²) in [6.45, 7) is -0.211. The van der Waals surface area contributed by atoms with E-state index in [-0.39, 0.29) is 24.1 Å². The second kappa shape index (κ2) is 8.66. The van der Waals surface area contributed by atoms with Crippen molar-refractivity contribution in [2.75, 3.05) is 12.4 Å². The first-order chi connectivity index (χ1) is 15.1. The molecule has 0 aliphatic rings. The Morgan fingerprint density at radius 1 is 0.968 bits per heavy atom. The second-order valence-corrected chi connectivity index (χ2v) is 6.87. The average molecular weight is 416 g/mol. The molecule has 0 spiro atoms. The minimum Gasteiger partial charge on any atom is -0.495 e. The Morgan fingerprint density at radius 3 is 2.48 bits per heavy atom. The summed E-state index contributed by atoms with van der Waals surface area (Å²) < 4.78 is 7.58. The number of pyridine rings is 1. The Labute approximate surface area is 177 Å². The molecular weight excluding hydrogens is 396 g/mol. The number of para-hydroxylation sites is 2. The van der Waals surface area contributed by atoms with Crippen molar-refractivity contribution in [3.8, 4) is 5.75 Å². The van der Waals surface area contributed by atoms with Crippen LogP contribution in [0.25, 0.3) is 11.0 Å². The van der Waals surface area contributed by atoms with Gasteiger partial charge in [-0.2, -0.15) is 0 Å². The van der Waals surface area contributed by atoms with Crippen molar-refractivity contribution in [3.05, 3.63) is 99.3 Å². The van der Waals surface area contributed by atoms with E-state index in [9.17, 15) is 14.4 Å². The van der Waals surface area contributed by atoms with Gasteiger partial charge in [0.1, 0.15) is 17.9 Å². The minimum atomic E-state index is -0.602. The van der Waals surface area contributed by atoms with Gasteiger partial charge >= 0.3 is 5.69 Å². The van der Waals surface area contributed by atoms with Crippen LogP contribution in [0.4, 0.5) is 5.69 Å². The normalized spacial score (nSPS) is 10.7. The molecule has 0 radical (unpaired) electrons. The van der Waals surface area contributed by atoms with Gasteiger partial charge in [0.2, 0.25) is 5.91 Å². The molecule has 1 N–H and O–H groups in total. The van der Waals surface area contributed by atoms with Crippen LogP contribution in [-0.2, 0) is 17.9 Å². The van der Waals surface area contributed by atoms with Gasteiger partial charge in [-0.1, -0.05) is 42.5 Å². The molecule has 4 rings (SSSR count). The van der Waals surface area contributed by atoms with E-state index >= 15 is 0 Å². The highest BCUT2D eigenvalue weighted by atomic mass is 16.5. The smallest absolute Gasteiger partial charge is 0.333 e. The summed E-state index contributed by atoms with van der Waals surface area (Å²) >= 11 is 0. The van der Waals surface area contributed by atoms with E-state index in [0.717, 1.165) is 10.1 Å². The lowest BCUT2D eigenvalue weighted by molar-refractivity contribution is -0.116. The van der Waals surface area contributed by atoms with Crippen molar-refractivity contribution in [1.82, 2.24) is 14.1 Å². The van der Waals surface area contributed by atoms with Crippen LogP contribution in [0.15, 0.2) is 82.5 Å². The van der Waals surface area contributed by atoms with Gasteiger partial charge in [-0.05, 0) is 29.8 Å². The van der Waals surface area contributed by atoms with E-state index in [2.05, 4.69) is 10.3 Å². The quantitative estimate of drug-likeness (QED) is 0.520. The van der Waals surface area contributed by atoms with Gasteiger partial charge in [0.25, 0.3) is 5.56 Å². The zero-order chi connectivity index (χ0) is 21.8. The van der Waals surface area contributed by atoms with Gasteiger partial charge in [0.15, 0.2) is 0 Å². The number of amides is 1. The number of ether oxygens (including phenoxy) is 1. The molecule has 0 saturated carbocycles. The van der Waals surface area contributed by atoms with Gasteiger partial charge in [-0.3, -0.25) is 18.7 Å². The molecule has 2 aromatic heterocycles. The van der Waals surface area contributed by atoms with Crippen molar-refractivity contribution < 1.29 is 9.53 Å². The number of nitrogens with zero attached hydrogens (tertiary/aromatic N) is 3. The predicted molar refractivity (Wildman–Crippen MR) is 117 cm³/mol. The molecule has 2 aromatic carbocycles. The number of hydrogen-bond acceptors (Lipinski definition) is 5. The van der Waals surface area contributed by atoms with Crippen LogP contribution in [0.2, 0.25) is 0 Å². The third-order valence-corrected chi connectivity index (χ3v) is 4.85. The van der Waals surface area contributed by atoms with E-state index < -0.39 is 17.2 Å². The third-order valence-electron chi connectivity index (χ3n) is 4.85. The van der Waals surface area contributed by atoms with E-state index in [1.165, 1.54) is 17.9 Å². The lowest BCUT2D eigenvalue weighted by Gasteiger charge is -2.14. The zero-order valence-corrected chi connectivity index (χ0v) is 16.8. The molecule has 0 bridgehead atoms. The third kappa shape index (κ3) is 4.09. The van der Waals surface area contributed by atoms with E-state index in [4.69, 9.17) is 4.74 Å². The number of aromatic nitrogens is 3. The minimum absolute atomic E-state index is 0.0947. The van der Waals surface area contributed by atoms with Crippen LogP contribution in [0, 0.1) is 0 Å². The van der Waals surface area contributed by atoms with Crippen LogP contribution in [0.1, 0.15) is 5.56 Å². The van der Waals surface area contributed by atoms with Crippen molar-refractivity contribution >= 4 is 22.6 Å². The lowest BCUT2D eigenvalue weighted by Crippen LogP contribution is -2.42. The molecule has 0 atom stereocenters. The lowest BCUT2D eigenvalue weighted by atomic mass is 10.2. The zero-order valence-electron chi connectivity index (χ0n) is 16.8. The summed E-state index contributed by atoms with van der Waals surface area (Å²) in [5, 5.41) is 3.01. The molecule has 1 amide bonds. The summed E-state index contributed by atoms with van der Waals surface area (Å²) in [6, 6.07) is 19.4. The Balaban J connectivity index is 1.75. The standard InChI is InChI=1S/C23H20N4O4/c1-31-19-12-6-5-11-18(19)25-20(28)15-26-21-17(10-7-13-24-21)22(29)27(23(26)30)14-16-8-3-2-4-9-16/h2-13H,14-15H2,1H3,(H,25,28). The topological polar surface area (TPSA) is 95.2 Å². The van der Waals surface area contributed by atoms with Crippen molar-refractivity contribution in [1.29, 1.82) is 0 Å². The van der Waals surface area contributed by atoms with Gasteiger partial charge in [-0.15, -0.1) is 0 Å². The largest absolute Gasteiger partial charge is 0.495 e. The van der Waals surface area contributed by atoms with Crippen LogP contribution >= 0.6 is 0 Å². The summed E-state index contributed by atoms with van der Waals surface area (Å²) in [5.41, 5.74) is 0.401. The van der Waals surface area contributed by atoms with Gasteiger partial charge in [-0.25, -0.2) is 9.78 Å². The van der Waals surface area contributed by atoms with Crippen LogP contribution < -0.4 is 21.3 Å². The van der Waals surface area contributed by atoms with E-state index in [0.29, 0.717) is 11.4 Å². The van der Waals surface area contributed by atoms with Crippen LogP contribution in [-0.4, -0.2) is 27.1 Å². The highest BCUT2D eigenvalue weighted by Crippen LogP contribution is 2.22. The number of carbonyl (C=O) groups excluding carboxylic acids is 1. The fourth-order valence-electron chi connectivity index (χ4n) is 3.38. The molecule has 8 heteroatoms. The highest BCUT2D eigenvalue weighted by molar-refractivity contribution is 5.92. The molecule has 8 nitrogen and oxygen atoms in total. The molecule has 0 aliphatic carbocycles. The summed E-state index contributed by atoms with van der Waals surface area (Å²) in [7, 11) is 1.51. The highest BCUT2D eigenvalue weighted by Gasteiger charge is 2.17. The number of carbonyl (C=O) groups is 1. The summed E-state index contributed by atoms with van der Waals surface area (Å²) in [6.07, 6.45) is 1.48. The van der Waals surface area contributed by atoms with Crippen molar-refractivity contribution in [2.45, 2.75) is 13.1 Å². The maximum absolute atomic E-state index is 13.2. The van der Waals surface area contributed by atoms with Crippen molar-refractivity contribution in [2.24, 2.45) is 0 Å². The van der Waals surface area contributed by atoms with Crippen LogP contribution in [0.3, 0.4) is 0 Å². The number of benzene rings is 2. The number of nitrogens with one attached hydrogen (secondary N) is 1. The van der Waals surface area contributed by atoms with Crippen LogP contribution in [0.5, 0.6) is 5.75 Å². The molecule has 0 saturated heterocycles. The van der Waals surface area contributed by atoms with E-state index in [1.54, 1.807) is 36.4 Å². The van der Waals surface area contributed by atoms with Gasteiger partial charge in [0.05, 0.1) is 24.7 Å². The second-order valence-electron chi connectivity index (χ2n) is 6.87. The predicted octanol–water partition coefficient (Wildman–Crippen LogP) is 2.25. The number of rotatable bonds is 6.